The van der Waals surface area contributed by atoms with E-state index < -0.39 is 0 Å². The van der Waals surface area contributed by atoms with Crippen LogP contribution in [0.3, 0.4) is 0 Å². The van der Waals surface area contributed by atoms with Crippen molar-refractivity contribution in [2.75, 3.05) is 6.54 Å². The number of nitrogens with zero attached hydrogens (tertiary/aromatic N) is 4. The lowest BCUT2D eigenvalue weighted by molar-refractivity contribution is 0.0947. The number of aromatic nitrogens is 4. The van der Waals surface area contributed by atoms with Crippen molar-refractivity contribution in [3.63, 3.8) is 0 Å². The fraction of sp³-hybridized carbons (Fsp3) is 0.333. The summed E-state index contributed by atoms with van der Waals surface area (Å²) in [5.74, 6) is 1.28. The Labute approximate surface area is 127 Å². The molecule has 0 aliphatic carbocycles. The Kier molecular flexibility index (Phi) is 3.86. The van der Waals surface area contributed by atoms with Crippen molar-refractivity contribution in [1.82, 2.24) is 24.8 Å². The molecule has 0 aromatic carbocycles. The molecule has 3 rings (SSSR count). The smallest absolute Gasteiger partial charge is 0.268 e. The minimum absolute atomic E-state index is 0.160. The number of rotatable bonds is 5. The van der Waals surface area contributed by atoms with Gasteiger partial charge < -0.3 is 9.84 Å². The van der Waals surface area contributed by atoms with E-state index in [-0.39, 0.29) is 11.8 Å². The SMILES string of the molecule is CC(C)c1noc(CCNC(=O)c2cccc3nccn23)n1. The van der Waals surface area contributed by atoms with Crippen LogP contribution in [0.1, 0.15) is 42.0 Å². The van der Waals surface area contributed by atoms with Gasteiger partial charge in [-0.2, -0.15) is 4.98 Å². The molecule has 114 valence electrons. The van der Waals surface area contributed by atoms with Gasteiger partial charge in [-0.25, -0.2) is 4.98 Å². The first-order valence-corrected chi connectivity index (χ1v) is 7.18. The third kappa shape index (κ3) is 2.83. The molecule has 0 spiro atoms. The predicted molar refractivity (Wildman–Crippen MR) is 79.6 cm³/mol. The molecule has 22 heavy (non-hydrogen) atoms. The molecule has 0 saturated heterocycles. The van der Waals surface area contributed by atoms with E-state index in [1.807, 2.05) is 26.0 Å². The monoisotopic (exact) mass is 299 g/mol. The van der Waals surface area contributed by atoms with Gasteiger partial charge in [0.25, 0.3) is 5.91 Å². The van der Waals surface area contributed by atoms with E-state index in [1.54, 1.807) is 22.9 Å². The first-order valence-electron chi connectivity index (χ1n) is 7.18. The summed E-state index contributed by atoms with van der Waals surface area (Å²) in [5, 5.41) is 6.75. The summed E-state index contributed by atoms with van der Waals surface area (Å²) in [5.41, 5.74) is 1.29. The highest BCUT2D eigenvalue weighted by atomic mass is 16.5. The highest BCUT2D eigenvalue weighted by Gasteiger charge is 2.12. The first-order chi connectivity index (χ1) is 10.6. The van der Waals surface area contributed by atoms with Gasteiger partial charge >= 0.3 is 0 Å². The summed E-state index contributed by atoms with van der Waals surface area (Å²) < 4.78 is 6.89. The molecule has 1 amide bonds. The number of hydrogen-bond acceptors (Lipinski definition) is 5. The molecular formula is C15H17N5O2. The number of fused-ring (bicyclic) bond motifs is 1. The number of imidazole rings is 1. The van der Waals surface area contributed by atoms with Crippen molar-refractivity contribution in [3.8, 4) is 0 Å². The van der Waals surface area contributed by atoms with Crippen LogP contribution in [0, 0.1) is 0 Å². The summed E-state index contributed by atoms with van der Waals surface area (Å²) >= 11 is 0. The lowest BCUT2D eigenvalue weighted by Gasteiger charge is -2.06. The van der Waals surface area contributed by atoms with E-state index in [2.05, 4.69) is 20.4 Å². The summed E-state index contributed by atoms with van der Waals surface area (Å²) in [6.07, 6.45) is 3.93. The van der Waals surface area contributed by atoms with Crippen LogP contribution in [0.2, 0.25) is 0 Å². The number of amides is 1. The van der Waals surface area contributed by atoms with Gasteiger partial charge in [0.05, 0.1) is 0 Å². The number of nitrogens with one attached hydrogen (secondary N) is 1. The molecule has 7 nitrogen and oxygen atoms in total. The van der Waals surface area contributed by atoms with Gasteiger partial charge in [-0.05, 0) is 12.1 Å². The van der Waals surface area contributed by atoms with Crippen molar-refractivity contribution in [2.24, 2.45) is 0 Å². The quantitative estimate of drug-likeness (QED) is 0.776. The van der Waals surface area contributed by atoms with Gasteiger partial charge in [0.2, 0.25) is 5.89 Å². The van der Waals surface area contributed by atoms with Crippen molar-refractivity contribution in [3.05, 3.63) is 48.0 Å². The van der Waals surface area contributed by atoms with Crippen molar-refractivity contribution in [2.45, 2.75) is 26.2 Å². The molecule has 0 aliphatic heterocycles. The average molecular weight is 299 g/mol. The second-order valence-corrected chi connectivity index (χ2v) is 5.27. The molecule has 3 aromatic rings. The Balaban J connectivity index is 1.61. The van der Waals surface area contributed by atoms with Crippen molar-refractivity contribution in [1.29, 1.82) is 0 Å². The Bertz CT molecular complexity index is 790. The predicted octanol–water partition coefficient (Wildman–Crippen LogP) is 1.81. The van der Waals surface area contributed by atoms with Crippen LogP contribution >= 0.6 is 0 Å². The van der Waals surface area contributed by atoms with Crippen LogP contribution in [-0.4, -0.2) is 32.0 Å². The highest BCUT2D eigenvalue weighted by molar-refractivity contribution is 5.93. The van der Waals surface area contributed by atoms with Crippen LogP contribution in [0.25, 0.3) is 5.65 Å². The Morgan fingerprint density at radius 3 is 3.05 bits per heavy atom. The first kappa shape index (κ1) is 14.2. The maximum Gasteiger partial charge on any atom is 0.268 e. The topological polar surface area (TPSA) is 85.3 Å². The molecule has 0 unspecified atom stereocenters. The van der Waals surface area contributed by atoms with Gasteiger partial charge in [0, 0.05) is 31.3 Å². The highest BCUT2D eigenvalue weighted by Crippen LogP contribution is 2.10. The normalized spacial score (nSPS) is 11.2. The fourth-order valence-electron chi connectivity index (χ4n) is 2.11. The molecule has 0 bridgehead atoms. The van der Waals surface area contributed by atoms with Gasteiger partial charge in [-0.15, -0.1) is 0 Å². The molecule has 0 atom stereocenters. The van der Waals surface area contributed by atoms with Crippen LogP contribution in [0.15, 0.2) is 35.1 Å². The maximum atomic E-state index is 12.2. The Hall–Kier alpha value is -2.70. The van der Waals surface area contributed by atoms with Gasteiger partial charge in [-0.3, -0.25) is 9.20 Å². The number of pyridine rings is 1. The number of carbonyl (C=O) groups excluding carboxylic acids is 1. The van der Waals surface area contributed by atoms with E-state index >= 15 is 0 Å². The van der Waals surface area contributed by atoms with E-state index in [4.69, 9.17) is 4.52 Å². The lowest BCUT2D eigenvalue weighted by atomic mass is 10.2. The number of carbonyl (C=O) groups is 1. The molecule has 3 aromatic heterocycles. The molecule has 7 heteroatoms. The van der Waals surface area contributed by atoms with E-state index in [0.717, 1.165) is 5.65 Å². The van der Waals surface area contributed by atoms with E-state index in [0.29, 0.717) is 30.4 Å². The minimum Gasteiger partial charge on any atom is -0.350 e. The minimum atomic E-state index is -0.160. The van der Waals surface area contributed by atoms with E-state index in [9.17, 15) is 4.79 Å². The second kappa shape index (κ2) is 5.97. The Morgan fingerprint density at radius 1 is 1.41 bits per heavy atom. The van der Waals surface area contributed by atoms with Gasteiger partial charge in [-0.1, -0.05) is 25.1 Å². The van der Waals surface area contributed by atoms with Crippen LogP contribution in [-0.2, 0) is 6.42 Å². The summed E-state index contributed by atoms with van der Waals surface area (Å²) in [6, 6.07) is 5.42. The largest absolute Gasteiger partial charge is 0.350 e. The van der Waals surface area contributed by atoms with Gasteiger partial charge in [0.15, 0.2) is 5.82 Å². The third-order valence-corrected chi connectivity index (χ3v) is 3.29. The molecule has 1 N–H and O–H groups in total. The molecular weight excluding hydrogens is 282 g/mol. The molecule has 0 radical (unpaired) electrons. The zero-order valence-electron chi connectivity index (χ0n) is 12.5. The van der Waals surface area contributed by atoms with Crippen LogP contribution in [0.5, 0.6) is 0 Å². The van der Waals surface area contributed by atoms with Crippen LogP contribution < -0.4 is 5.32 Å². The molecule has 0 aliphatic rings. The van der Waals surface area contributed by atoms with Crippen molar-refractivity contribution < 1.29 is 9.32 Å². The zero-order chi connectivity index (χ0) is 15.5. The fourth-order valence-corrected chi connectivity index (χ4v) is 2.11. The van der Waals surface area contributed by atoms with Crippen LogP contribution in [0.4, 0.5) is 0 Å². The van der Waals surface area contributed by atoms with E-state index in [1.165, 1.54) is 0 Å². The molecule has 3 heterocycles. The lowest BCUT2D eigenvalue weighted by Crippen LogP contribution is -2.27. The Morgan fingerprint density at radius 2 is 2.27 bits per heavy atom. The summed E-state index contributed by atoms with van der Waals surface area (Å²) in [7, 11) is 0. The van der Waals surface area contributed by atoms with Crippen molar-refractivity contribution >= 4 is 11.6 Å². The maximum absolute atomic E-state index is 12.2. The zero-order valence-corrected chi connectivity index (χ0v) is 12.5. The van der Waals surface area contributed by atoms with Gasteiger partial charge in [0.1, 0.15) is 11.3 Å². The standard InChI is InChI=1S/C15H17N5O2/c1-10(2)14-18-13(22-19-14)6-7-17-15(21)11-4-3-5-12-16-8-9-20(11)12/h3-5,8-10H,6-7H2,1-2H3,(H,17,21). The average Bonchev–Trinajstić information content (AvgIpc) is 3.15. The number of hydrogen-bond donors (Lipinski definition) is 1. The summed E-state index contributed by atoms with van der Waals surface area (Å²) in [4.78, 5) is 20.7. The molecule has 0 saturated carbocycles. The summed E-state index contributed by atoms with van der Waals surface area (Å²) in [6.45, 7) is 4.44. The molecule has 0 fully saturated rings. The second-order valence-electron chi connectivity index (χ2n) is 5.27. The third-order valence-electron chi connectivity index (χ3n) is 3.29.